The van der Waals surface area contributed by atoms with Crippen molar-refractivity contribution in [2.24, 2.45) is 5.92 Å². The molecule has 1 atom stereocenters. The van der Waals surface area contributed by atoms with Crippen molar-refractivity contribution in [2.75, 3.05) is 0 Å². The van der Waals surface area contributed by atoms with Gasteiger partial charge < -0.3 is 5.32 Å². The Kier molecular flexibility index (Phi) is 4.92. The molecule has 1 aromatic carbocycles. The van der Waals surface area contributed by atoms with Gasteiger partial charge in [-0.25, -0.2) is 13.5 Å². The lowest BCUT2D eigenvalue weighted by Crippen LogP contribution is -2.42. The minimum absolute atomic E-state index is 0.0438. The fourth-order valence-electron chi connectivity index (χ4n) is 3.76. The minimum atomic E-state index is -2.36. The number of nitrogens with zero attached hydrogens (tertiary/aromatic N) is 4. The first kappa shape index (κ1) is 17.1. The zero-order chi connectivity index (χ0) is 17.9. The Morgan fingerprint density at radius 1 is 1.23 bits per heavy atom. The van der Waals surface area contributed by atoms with Crippen LogP contribution >= 0.6 is 0 Å². The number of fused-ring (bicyclic) bond motifs is 1. The van der Waals surface area contributed by atoms with Gasteiger partial charge in [0, 0.05) is 11.9 Å². The SMILES string of the molecule is FC(F)C(NCc1cn(-c2ccc3[nH]ncc3c2)nn1)C1CCCCC1. The largest absolute Gasteiger partial charge is 0.303 e. The number of halogens is 2. The van der Waals surface area contributed by atoms with E-state index in [9.17, 15) is 8.78 Å². The average molecular weight is 360 g/mol. The van der Waals surface area contributed by atoms with Crippen LogP contribution in [0.3, 0.4) is 0 Å². The van der Waals surface area contributed by atoms with Crippen molar-refractivity contribution < 1.29 is 8.78 Å². The molecule has 0 amide bonds. The zero-order valence-electron chi connectivity index (χ0n) is 14.4. The first-order valence-corrected chi connectivity index (χ1v) is 9.07. The molecule has 1 unspecified atom stereocenters. The van der Waals surface area contributed by atoms with Crippen LogP contribution in [0.1, 0.15) is 37.8 Å². The Balaban J connectivity index is 1.43. The number of hydrogen-bond acceptors (Lipinski definition) is 4. The predicted molar refractivity (Wildman–Crippen MR) is 94.2 cm³/mol. The lowest BCUT2D eigenvalue weighted by Gasteiger charge is -2.30. The molecule has 1 aliphatic rings. The standard InChI is InChI=1S/C18H22F2N6/c19-18(20)17(12-4-2-1-3-5-12)21-10-14-11-26(25-23-14)15-6-7-16-13(8-15)9-22-24-16/h6-9,11-12,17-18,21H,1-5,10H2,(H,22,24). The summed E-state index contributed by atoms with van der Waals surface area (Å²) in [6.07, 6.45) is 6.15. The molecule has 4 rings (SSSR count). The fraction of sp³-hybridized carbons (Fsp3) is 0.500. The van der Waals surface area contributed by atoms with E-state index >= 15 is 0 Å². The van der Waals surface area contributed by atoms with Crippen LogP contribution in [-0.4, -0.2) is 37.7 Å². The van der Waals surface area contributed by atoms with Crippen molar-refractivity contribution in [2.45, 2.75) is 51.1 Å². The Labute approximate surface area is 150 Å². The topological polar surface area (TPSA) is 71.4 Å². The highest BCUT2D eigenvalue weighted by molar-refractivity contribution is 5.80. The number of nitrogens with one attached hydrogen (secondary N) is 2. The number of rotatable bonds is 6. The minimum Gasteiger partial charge on any atom is -0.303 e. The van der Waals surface area contributed by atoms with Crippen LogP contribution in [0, 0.1) is 5.92 Å². The maximum atomic E-state index is 13.5. The number of alkyl halides is 2. The van der Waals surface area contributed by atoms with E-state index in [1.807, 2.05) is 18.2 Å². The summed E-state index contributed by atoms with van der Waals surface area (Å²) in [4.78, 5) is 0. The summed E-state index contributed by atoms with van der Waals surface area (Å²) in [5, 5.41) is 19.1. The molecule has 1 fully saturated rings. The molecule has 26 heavy (non-hydrogen) atoms. The van der Waals surface area contributed by atoms with E-state index in [0.717, 1.165) is 48.7 Å². The molecule has 2 heterocycles. The summed E-state index contributed by atoms with van der Waals surface area (Å²) in [5.74, 6) is 0.0438. The van der Waals surface area contributed by atoms with Gasteiger partial charge >= 0.3 is 0 Å². The molecule has 0 bridgehead atoms. The summed E-state index contributed by atoms with van der Waals surface area (Å²) in [6, 6.07) is 5.01. The van der Waals surface area contributed by atoms with E-state index in [1.54, 1.807) is 17.1 Å². The fourth-order valence-corrected chi connectivity index (χ4v) is 3.76. The number of benzene rings is 1. The van der Waals surface area contributed by atoms with Gasteiger partial charge in [0.15, 0.2) is 0 Å². The first-order chi connectivity index (χ1) is 12.7. The second kappa shape index (κ2) is 7.49. The van der Waals surface area contributed by atoms with E-state index in [-0.39, 0.29) is 5.92 Å². The van der Waals surface area contributed by atoms with E-state index in [2.05, 4.69) is 25.8 Å². The van der Waals surface area contributed by atoms with E-state index in [1.165, 1.54) is 0 Å². The van der Waals surface area contributed by atoms with E-state index in [0.29, 0.717) is 12.2 Å². The summed E-state index contributed by atoms with van der Waals surface area (Å²) in [7, 11) is 0. The molecule has 1 aliphatic carbocycles. The third-order valence-corrected chi connectivity index (χ3v) is 5.18. The number of aromatic amines is 1. The van der Waals surface area contributed by atoms with Gasteiger partial charge in [-0.1, -0.05) is 24.5 Å². The molecule has 8 heteroatoms. The maximum absolute atomic E-state index is 13.5. The monoisotopic (exact) mass is 360 g/mol. The van der Waals surface area contributed by atoms with Crippen LogP contribution in [0.25, 0.3) is 16.6 Å². The highest BCUT2D eigenvalue weighted by atomic mass is 19.3. The lowest BCUT2D eigenvalue weighted by molar-refractivity contribution is 0.0565. The lowest BCUT2D eigenvalue weighted by atomic mass is 9.84. The summed E-state index contributed by atoms with van der Waals surface area (Å²) in [6.45, 7) is 0.291. The molecular formula is C18H22F2N6. The maximum Gasteiger partial charge on any atom is 0.253 e. The molecular weight excluding hydrogens is 338 g/mol. The molecule has 0 spiro atoms. The van der Waals surface area contributed by atoms with Gasteiger partial charge in [-0.15, -0.1) is 5.10 Å². The smallest absolute Gasteiger partial charge is 0.253 e. The van der Waals surface area contributed by atoms with Crippen molar-refractivity contribution in [3.8, 4) is 5.69 Å². The van der Waals surface area contributed by atoms with Crippen molar-refractivity contribution in [1.29, 1.82) is 0 Å². The van der Waals surface area contributed by atoms with Gasteiger partial charge in [0.05, 0.1) is 35.3 Å². The van der Waals surface area contributed by atoms with E-state index < -0.39 is 12.5 Å². The molecule has 0 aliphatic heterocycles. The van der Waals surface area contributed by atoms with E-state index in [4.69, 9.17) is 0 Å². The molecule has 2 aromatic heterocycles. The summed E-state index contributed by atoms with van der Waals surface area (Å²) in [5.41, 5.74) is 2.46. The molecule has 138 valence electrons. The molecule has 0 radical (unpaired) electrons. The Morgan fingerprint density at radius 3 is 2.88 bits per heavy atom. The third kappa shape index (κ3) is 3.60. The highest BCUT2D eigenvalue weighted by Crippen LogP contribution is 2.29. The van der Waals surface area contributed by atoms with Gasteiger partial charge in [-0.2, -0.15) is 5.10 Å². The second-order valence-electron chi connectivity index (χ2n) is 6.94. The molecule has 3 aromatic rings. The van der Waals surface area contributed by atoms with Crippen molar-refractivity contribution in [3.05, 3.63) is 36.3 Å². The third-order valence-electron chi connectivity index (χ3n) is 5.18. The van der Waals surface area contributed by atoms with Crippen LogP contribution < -0.4 is 5.32 Å². The molecule has 2 N–H and O–H groups in total. The van der Waals surface area contributed by atoms with Crippen molar-refractivity contribution in [1.82, 2.24) is 30.5 Å². The van der Waals surface area contributed by atoms with Gasteiger partial charge in [0.25, 0.3) is 6.43 Å². The predicted octanol–water partition coefficient (Wildman–Crippen LogP) is 3.45. The number of H-pyrrole nitrogens is 1. The Hall–Kier alpha value is -2.35. The normalized spacial score (nSPS) is 17.2. The Morgan fingerprint density at radius 2 is 2.08 bits per heavy atom. The number of hydrogen-bond donors (Lipinski definition) is 2. The van der Waals surface area contributed by atoms with Crippen LogP contribution in [0.5, 0.6) is 0 Å². The van der Waals surface area contributed by atoms with Gasteiger partial charge in [0.2, 0.25) is 0 Å². The van der Waals surface area contributed by atoms with Crippen LogP contribution in [0.15, 0.2) is 30.6 Å². The molecule has 6 nitrogen and oxygen atoms in total. The summed E-state index contributed by atoms with van der Waals surface area (Å²) >= 11 is 0. The van der Waals surface area contributed by atoms with Crippen molar-refractivity contribution >= 4 is 10.9 Å². The van der Waals surface area contributed by atoms with Crippen LogP contribution in [-0.2, 0) is 6.54 Å². The van der Waals surface area contributed by atoms with Crippen LogP contribution in [0.4, 0.5) is 8.78 Å². The van der Waals surface area contributed by atoms with Gasteiger partial charge in [-0.3, -0.25) is 5.10 Å². The molecule has 0 saturated heterocycles. The van der Waals surface area contributed by atoms with Crippen LogP contribution in [0.2, 0.25) is 0 Å². The van der Waals surface area contributed by atoms with Crippen molar-refractivity contribution in [3.63, 3.8) is 0 Å². The Bertz CT molecular complexity index is 852. The molecule has 1 saturated carbocycles. The first-order valence-electron chi connectivity index (χ1n) is 9.07. The zero-order valence-corrected chi connectivity index (χ0v) is 14.4. The second-order valence-corrected chi connectivity index (χ2v) is 6.94. The quantitative estimate of drug-likeness (QED) is 0.706. The van der Waals surface area contributed by atoms with Gasteiger partial charge in [-0.05, 0) is 37.0 Å². The average Bonchev–Trinajstić information content (AvgIpc) is 3.31. The number of aromatic nitrogens is 5. The summed E-state index contributed by atoms with van der Waals surface area (Å²) < 4.78 is 28.6. The van der Waals surface area contributed by atoms with Gasteiger partial charge in [0.1, 0.15) is 0 Å². The highest BCUT2D eigenvalue weighted by Gasteiger charge is 2.30.